The van der Waals surface area contributed by atoms with Gasteiger partial charge in [0.05, 0.1) is 0 Å². The molecule has 0 aromatic carbocycles. The third-order valence-electron chi connectivity index (χ3n) is 3.39. The smallest absolute Gasteiger partial charge is 0.129 e. The lowest BCUT2D eigenvalue weighted by molar-refractivity contribution is 0.112. The Kier molecular flexibility index (Phi) is 4.77. The zero-order chi connectivity index (χ0) is 12.1. The SMILES string of the molecule is OCCC1CCCCN1Cc1ccc(Cl)nc1. The number of likely N-dealkylation sites (tertiary alicyclic amines) is 1. The Bertz CT molecular complexity index is 340. The highest BCUT2D eigenvalue weighted by Crippen LogP contribution is 2.21. The van der Waals surface area contributed by atoms with Crippen LogP contribution >= 0.6 is 11.6 Å². The van der Waals surface area contributed by atoms with Crippen molar-refractivity contribution in [3.05, 3.63) is 29.0 Å². The molecule has 94 valence electrons. The molecule has 0 spiro atoms. The first-order valence-electron chi connectivity index (χ1n) is 6.25. The molecule has 0 aliphatic carbocycles. The fourth-order valence-electron chi connectivity index (χ4n) is 2.48. The third-order valence-corrected chi connectivity index (χ3v) is 3.61. The molecule has 2 rings (SSSR count). The van der Waals surface area contributed by atoms with Crippen LogP contribution in [0.2, 0.25) is 5.15 Å². The van der Waals surface area contributed by atoms with E-state index in [1.807, 2.05) is 18.3 Å². The lowest BCUT2D eigenvalue weighted by Gasteiger charge is -2.35. The van der Waals surface area contributed by atoms with Crippen LogP contribution in [0.25, 0.3) is 0 Å². The number of hydrogen-bond acceptors (Lipinski definition) is 3. The van der Waals surface area contributed by atoms with E-state index in [0.29, 0.717) is 11.2 Å². The Labute approximate surface area is 107 Å². The van der Waals surface area contributed by atoms with Crippen molar-refractivity contribution in [1.29, 1.82) is 0 Å². The summed E-state index contributed by atoms with van der Waals surface area (Å²) in [5.74, 6) is 0. The molecule has 0 amide bonds. The summed E-state index contributed by atoms with van der Waals surface area (Å²) in [5, 5.41) is 9.62. The molecule has 0 bridgehead atoms. The number of piperidine rings is 1. The molecule has 1 aromatic rings. The summed E-state index contributed by atoms with van der Waals surface area (Å²) < 4.78 is 0. The van der Waals surface area contributed by atoms with Crippen molar-refractivity contribution in [1.82, 2.24) is 9.88 Å². The summed E-state index contributed by atoms with van der Waals surface area (Å²) >= 11 is 5.78. The van der Waals surface area contributed by atoms with Gasteiger partial charge in [0.1, 0.15) is 5.15 Å². The molecule has 17 heavy (non-hydrogen) atoms. The Morgan fingerprint density at radius 2 is 2.29 bits per heavy atom. The van der Waals surface area contributed by atoms with Crippen LogP contribution in [0.15, 0.2) is 18.3 Å². The number of pyridine rings is 1. The maximum absolute atomic E-state index is 9.08. The van der Waals surface area contributed by atoms with E-state index in [1.165, 1.54) is 24.8 Å². The molecular weight excluding hydrogens is 236 g/mol. The van der Waals surface area contributed by atoms with Crippen molar-refractivity contribution in [2.75, 3.05) is 13.2 Å². The average molecular weight is 255 g/mol. The van der Waals surface area contributed by atoms with Crippen molar-refractivity contribution in [3.8, 4) is 0 Å². The largest absolute Gasteiger partial charge is 0.396 e. The number of aliphatic hydroxyl groups is 1. The first-order chi connectivity index (χ1) is 8.29. The van der Waals surface area contributed by atoms with Crippen molar-refractivity contribution in [3.63, 3.8) is 0 Å². The minimum absolute atomic E-state index is 0.278. The van der Waals surface area contributed by atoms with E-state index in [0.717, 1.165) is 19.5 Å². The fourth-order valence-corrected chi connectivity index (χ4v) is 2.59. The molecule has 1 unspecified atom stereocenters. The molecule has 3 nitrogen and oxygen atoms in total. The molecule has 1 aliphatic heterocycles. The van der Waals surface area contributed by atoms with Gasteiger partial charge in [-0.05, 0) is 37.4 Å². The molecule has 4 heteroatoms. The van der Waals surface area contributed by atoms with E-state index in [4.69, 9.17) is 16.7 Å². The van der Waals surface area contributed by atoms with Crippen molar-refractivity contribution < 1.29 is 5.11 Å². The lowest BCUT2D eigenvalue weighted by atomic mass is 9.99. The highest BCUT2D eigenvalue weighted by Gasteiger charge is 2.21. The minimum Gasteiger partial charge on any atom is -0.396 e. The van der Waals surface area contributed by atoms with Crippen LogP contribution in [0.3, 0.4) is 0 Å². The predicted octanol–water partition coefficient (Wildman–Crippen LogP) is 2.47. The molecule has 1 fully saturated rings. The molecule has 1 atom stereocenters. The first-order valence-corrected chi connectivity index (χ1v) is 6.63. The van der Waals surface area contributed by atoms with Crippen LogP contribution in [0.4, 0.5) is 0 Å². The van der Waals surface area contributed by atoms with Gasteiger partial charge in [-0.15, -0.1) is 0 Å². The van der Waals surface area contributed by atoms with E-state index < -0.39 is 0 Å². The quantitative estimate of drug-likeness (QED) is 0.839. The Hall–Kier alpha value is -0.640. The molecule has 1 aromatic heterocycles. The molecule has 1 saturated heterocycles. The Morgan fingerprint density at radius 3 is 3.00 bits per heavy atom. The van der Waals surface area contributed by atoms with Gasteiger partial charge < -0.3 is 5.11 Å². The Morgan fingerprint density at radius 1 is 1.41 bits per heavy atom. The van der Waals surface area contributed by atoms with Gasteiger partial charge in [-0.25, -0.2) is 4.98 Å². The standard InChI is InChI=1S/C13H19ClN2O/c14-13-5-4-11(9-15-13)10-16-7-2-1-3-12(16)6-8-17/h4-5,9,12,17H,1-3,6-8,10H2. The normalized spacial score (nSPS) is 21.6. The monoisotopic (exact) mass is 254 g/mol. The summed E-state index contributed by atoms with van der Waals surface area (Å²) in [7, 11) is 0. The molecule has 1 aliphatic rings. The van der Waals surface area contributed by atoms with Crippen molar-refractivity contribution in [2.24, 2.45) is 0 Å². The van der Waals surface area contributed by atoms with Crippen LogP contribution in [0.1, 0.15) is 31.2 Å². The van der Waals surface area contributed by atoms with E-state index in [1.54, 1.807) is 0 Å². The zero-order valence-electron chi connectivity index (χ0n) is 9.98. The van der Waals surface area contributed by atoms with Gasteiger partial charge in [0.25, 0.3) is 0 Å². The van der Waals surface area contributed by atoms with Crippen LogP contribution < -0.4 is 0 Å². The van der Waals surface area contributed by atoms with Gasteiger partial charge >= 0.3 is 0 Å². The topological polar surface area (TPSA) is 36.4 Å². The predicted molar refractivity (Wildman–Crippen MR) is 69.0 cm³/mol. The van der Waals surface area contributed by atoms with Crippen LogP contribution in [0, 0.1) is 0 Å². The fraction of sp³-hybridized carbons (Fsp3) is 0.615. The second-order valence-corrected chi connectivity index (χ2v) is 5.01. The number of halogens is 1. The van der Waals surface area contributed by atoms with E-state index >= 15 is 0 Å². The highest BCUT2D eigenvalue weighted by atomic mass is 35.5. The number of nitrogens with zero attached hydrogens (tertiary/aromatic N) is 2. The number of aliphatic hydroxyl groups excluding tert-OH is 1. The summed E-state index contributed by atoms with van der Waals surface area (Å²) in [5.41, 5.74) is 1.19. The molecule has 2 heterocycles. The third kappa shape index (κ3) is 3.66. The minimum atomic E-state index is 0.278. The van der Waals surface area contributed by atoms with Gasteiger partial charge in [0.2, 0.25) is 0 Å². The lowest BCUT2D eigenvalue weighted by Crippen LogP contribution is -2.39. The maximum atomic E-state index is 9.08. The second-order valence-electron chi connectivity index (χ2n) is 4.62. The van der Waals surface area contributed by atoms with Crippen LogP contribution in [-0.2, 0) is 6.54 Å². The van der Waals surface area contributed by atoms with Crippen molar-refractivity contribution in [2.45, 2.75) is 38.3 Å². The van der Waals surface area contributed by atoms with Gasteiger partial charge in [-0.3, -0.25) is 4.90 Å². The van der Waals surface area contributed by atoms with Crippen LogP contribution in [-0.4, -0.2) is 34.2 Å². The number of rotatable bonds is 4. The second kappa shape index (κ2) is 6.34. The van der Waals surface area contributed by atoms with Gasteiger partial charge in [-0.1, -0.05) is 24.1 Å². The van der Waals surface area contributed by atoms with E-state index in [9.17, 15) is 0 Å². The van der Waals surface area contributed by atoms with E-state index in [-0.39, 0.29) is 6.61 Å². The first kappa shape index (κ1) is 12.8. The van der Waals surface area contributed by atoms with Crippen LogP contribution in [0.5, 0.6) is 0 Å². The molecule has 1 N–H and O–H groups in total. The average Bonchev–Trinajstić information content (AvgIpc) is 2.35. The maximum Gasteiger partial charge on any atom is 0.129 e. The van der Waals surface area contributed by atoms with E-state index in [2.05, 4.69) is 9.88 Å². The Balaban J connectivity index is 1.97. The van der Waals surface area contributed by atoms with Crippen molar-refractivity contribution >= 4 is 11.6 Å². The number of aromatic nitrogens is 1. The summed E-state index contributed by atoms with van der Waals surface area (Å²) in [4.78, 5) is 6.55. The summed E-state index contributed by atoms with van der Waals surface area (Å²) in [6.07, 6.45) is 6.44. The van der Waals surface area contributed by atoms with Gasteiger partial charge in [-0.2, -0.15) is 0 Å². The summed E-state index contributed by atoms with van der Waals surface area (Å²) in [6, 6.07) is 4.38. The number of hydrogen-bond donors (Lipinski definition) is 1. The van der Waals surface area contributed by atoms with Gasteiger partial charge in [0.15, 0.2) is 0 Å². The highest BCUT2D eigenvalue weighted by molar-refractivity contribution is 6.29. The summed E-state index contributed by atoms with van der Waals surface area (Å²) in [6.45, 7) is 2.31. The zero-order valence-corrected chi connectivity index (χ0v) is 10.7. The van der Waals surface area contributed by atoms with Gasteiger partial charge in [0, 0.05) is 25.4 Å². The molecular formula is C13H19ClN2O. The molecule has 0 radical (unpaired) electrons. The molecule has 0 saturated carbocycles.